The lowest BCUT2D eigenvalue weighted by Crippen LogP contribution is -2.19. The molecule has 0 saturated carbocycles. The van der Waals surface area contributed by atoms with Crippen LogP contribution in [-0.2, 0) is 16.7 Å². The molecule has 5 nitrogen and oxygen atoms in total. The minimum absolute atomic E-state index is 0.251. The van der Waals surface area contributed by atoms with Crippen LogP contribution in [0.2, 0.25) is 0 Å². The Morgan fingerprint density at radius 1 is 1.23 bits per heavy atom. The van der Waals surface area contributed by atoms with Gasteiger partial charge < -0.3 is 9.45 Å². The van der Waals surface area contributed by atoms with E-state index in [4.69, 9.17) is 0 Å². The Morgan fingerprint density at radius 3 is 2.41 bits per heavy atom. The van der Waals surface area contributed by atoms with Crippen LogP contribution in [0.5, 0.6) is 0 Å². The predicted molar refractivity (Wildman–Crippen MR) is 87.4 cm³/mol. The molecule has 2 rings (SSSR count). The molecular formula is C15H22N2O3S2. The molecule has 0 bridgehead atoms. The number of thiophene rings is 1. The number of H-pyrrole nitrogens is 1. The number of aromatic nitrogens is 1. The quantitative estimate of drug-likeness (QED) is 0.570. The van der Waals surface area contributed by atoms with Gasteiger partial charge in [0.2, 0.25) is 0 Å². The number of pyridine rings is 1. The molecule has 0 aliphatic carbocycles. The topological polar surface area (TPSA) is 74.6 Å². The van der Waals surface area contributed by atoms with Crippen molar-refractivity contribution >= 4 is 21.5 Å². The molecule has 2 aromatic heterocycles. The molecule has 22 heavy (non-hydrogen) atoms. The second-order valence-corrected chi connectivity index (χ2v) is 7.22. The van der Waals surface area contributed by atoms with Gasteiger partial charge in [0.1, 0.15) is 0 Å². The van der Waals surface area contributed by atoms with Crippen molar-refractivity contribution < 1.29 is 18.0 Å². The van der Waals surface area contributed by atoms with E-state index in [1.165, 1.54) is 5.56 Å². The average molecular weight is 342 g/mol. The van der Waals surface area contributed by atoms with Crippen LogP contribution in [0.25, 0.3) is 0 Å². The fourth-order valence-electron chi connectivity index (χ4n) is 1.78. The third kappa shape index (κ3) is 10.4. The van der Waals surface area contributed by atoms with Crippen LogP contribution in [-0.4, -0.2) is 37.2 Å². The zero-order valence-electron chi connectivity index (χ0n) is 12.6. The van der Waals surface area contributed by atoms with E-state index >= 15 is 0 Å². The molecule has 0 unspecified atom stereocenters. The zero-order valence-corrected chi connectivity index (χ0v) is 14.3. The summed E-state index contributed by atoms with van der Waals surface area (Å²) in [5.41, 5.74) is 1.27. The fourth-order valence-corrected chi connectivity index (χ4v) is 2.99. The molecule has 0 aliphatic heterocycles. The summed E-state index contributed by atoms with van der Waals surface area (Å²) in [6.07, 6.45) is 4.93. The third-order valence-corrected chi connectivity index (χ3v) is 4.34. The number of hydrogen-bond donors (Lipinski definition) is 0. The molecule has 0 atom stereocenters. The average Bonchev–Trinajstić information content (AvgIpc) is 2.98. The molecule has 2 aromatic rings. The van der Waals surface area contributed by atoms with E-state index in [-0.39, 0.29) is 5.75 Å². The summed E-state index contributed by atoms with van der Waals surface area (Å²) in [6.45, 7) is 1.68. The maximum Gasteiger partial charge on any atom is 0.166 e. The first-order valence-corrected chi connectivity index (χ1v) is 9.53. The van der Waals surface area contributed by atoms with Crippen LogP contribution in [0.15, 0.2) is 47.4 Å². The highest BCUT2D eigenvalue weighted by Gasteiger charge is 2.01. The van der Waals surface area contributed by atoms with Gasteiger partial charge in [0, 0.05) is 24.4 Å². The van der Waals surface area contributed by atoms with E-state index < -0.39 is 10.1 Å². The maximum absolute atomic E-state index is 10.4. The molecule has 0 spiro atoms. The van der Waals surface area contributed by atoms with E-state index in [2.05, 4.69) is 21.3 Å². The summed E-state index contributed by atoms with van der Waals surface area (Å²) in [7, 11) is -2.05. The Balaban J connectivity index is 0.000000335. The molecule has 0 saturated heterocycles. The van der Waals surface area contributed by atoms with E-state index in [9.17, 15) is 13.0 Å². The molecule has 0 fully saturated rings. The zero-order chi connectivity index (χ0) is 16.3. The highest BCUT2D eigenvalue weighted by Crippen LogP contribution is 2.08. The Labute approximate surface area is 136 Å². The summed E-state index contributed by atoms with van der Waals surface area (Å²) < 4.78 is 31.1. The number of nitrogens with zero attached hydrogens (tertiary/aromatic N) is 1. The van der Waals surface area contributed by atoms with E-state index in [0.717, 1.165) is 19.5 Å². The highest BCUT2D eigenvalue weighted by molar-refractivity contribution is 7.85. The largest absolute Gasteiger partial charge is 0.748 e. The lowest BCUT2D eigenvalue weighted by molar-refractivity contribution is -0.377. The SMILES string of the molecule is CN(CCCCS(=O)(=O)[O-])Cc1ccsc1.c1cc[nH+]cc1. The monoisotopic (exact) mass is 342 g/mol. The van der Waals surface area contributed by atoms with Crippen molar-refractivity contribution in [2.24, 2.45) is 0 Å². The molecule has 0 radical (unpaired) electrons. The lowest BCUT2D eigenvalue weighted by Gasteiger charge is -2.15. The molecular weight excluding hydrogens is 320 g/mol. The summed E-state index contributed by atoms with van der Waals surface area (Å²) in [4.78, 5) is 5.02. The van der Waals surface area contributed by atoms with Crippen molar-refractivity contribution in [3.8, 4) is 0 Å². The van der Waals surface area contributed by atoms with Gasteiger partial charge in [0.05, 0.1) is 10.1 Å². The number of unbranched alkanes of at least 4 members (excludes halogenated alkanes) is 1. The van der Waals surface area contributed by atoms with Gasteiger partial charge in [-0.3, -0.25) is 0 Å². The summed E-state index contributed by atoms with van der Waals surface area (Å²) in [5.74, 6) is -0.251. The predicted octanol–water partition coefficient (Wildman–Crippen LogP) is 2.01. The first-order chi connectivity index (χ1) is 10.5. The number of nitrogens with one attached hydrogen (secondary N) is 1. The minimum atomic E-state index is -4.04. The normalized spacial score (nSPS) is 11.0. The summed E-state index contributed by atoms with van der Waals surface area (Å²) in [5, 5.41) is 4.13. The molecule has 1 N–H and O–H groups in total. The highest BCUT2D eigenvalue weighted by atomic mass is 32.2. The molecule has 7 heteroatoms. The Morgan fingerprint density at radius 2 is 1.95 bits per heavy atom. The number of aromatic amines is 1. The first kappa shape index (κ1) is 18.8. The van der Waals surface area contributed by atoms with Crippen LogP contribution < -0.4 is 4.98 Å². The Bertz CT molecular complexity index is 560. The van der Waals surface area contributed by atoms with Gasteiger partial charge in [-0.1, -0.05) is 6.07 Å². The fraction of sp³-hybridized carbons (Fsp3) is 0.400. The first-order valence-electron chi connectivity index (χ1n) is 7.01. The Hall–Kier alpha value is -1.28. The molecule has 0 amide bonds. The maximum atomic E-state index is 10.4. The summed E-state index contributed by atoms with van der Waals surface area (Å²) in [6, 6.07) is 7.93. The van der Waals surface area contributed by atoms with Crippen LogP contribution in [0.4, 0.5) is 0 Å². The second kappa shape index (κ2) is 10.4. The molecule has 0 aromatic carbocycles. The van der Waals surface area contributed by atoms with Crippen LogP contribution >= 0.6 is 11.3 Å². The smallest absolute Gasteiger partial charge is 0.166 e. The Kier molecular flexibility index (Phi) is 8.91. The molecule has 2 heterocycles. The van der Waals surface area contributed by atoms with Gasteiger partial charge in [-0.2, -0.15) is 11.3 Å². The van der Waals surface area contributed by atoms with Crippen molar-refractivity contribution in [2.75, 3.05) is 19.3 Å². The van der Waals surface area contributed by atoms with Crippen molar-refractivity contribution in [2.45, 2.75) is 19.4 Å². The molecule has 0 aliphatic rings. The van der Waals surface area contributed by atoms with Crippen molar-refractivity contribution in [1.29, 1.82) is 0 Å². The third-order valence-electron chi connectivity index (χ3n) is 2.82. The van der Waals surface area contributed by atoms with E-state index in [1.807, 2.05) is 43.0 Å². The van der Waals surface area contributed by atoms with E-state index in [1.54, 1.807) is 11.3 Å². The second-order valence-electron chi connectivity index (χ2n) is 4.92. The van der Waals surface area contributed by atoms with Gasteiger partial charge >= 0.3 is 0 Å². The minimum Gasteiger partial charge on any atom is -0.748 e. The van der Waals surface area contributed by atoms with Crippen LogP contribution in [0, 0.1) is 0 Å². The summed E-state index contributed by atoms with van der Waals surface area (Å²) >= 11 is 1.67. The van der Waals surface area contributed by atoms with Gasteiger partial charge in [-0.25, -0.2) is 13.4 Å². The number of hydrogen-bond acceptors (Lipinski definition) is 5. The van der Waals surface area contributed by atoms with E-state index in [0.29, 0.717) is 6.42 Å². The van der Waals surface area contributed by atoms with Gasteiger partial charge in [-0.15, -0.1) is 0 Å². The van der Waals surface area contributed by atoms with Gasteiger partial charge in [0.15, 0.2) is 12.4 Å². The van der Waals surface area contributed by atoms with Crippen LogP contribution in [0.1, 0.15) is 18.4 Å². The van der Waals surface area contributed by atoms with Gasteiger partial charge in [-0.05, 0) is 48.8 Å². The van der Waals surface area contributed by atoms with Crippen molar-refractivity contribution in [3.05, 3.63) is 53.0 Å². The molecule has 122 valence electrons. The van der Waals surface area contributed by atoms with Crippen molar-refractivity contribution in [1.82, 2.24) is 4.90 Å². The lowest BCUT2D eigenvalue weighted by atomic mass is 10.3. The van der Waals surface area contributed by atoms with Crippen molar-refractivity contribution in [3.63, 3.8) is 0 Å². The van der Waals surface area contributed by atoms with Gasteiger partial charge in [0.25, 0.3) is 0 Å². The standard InChI is InChI=1S/C10H17NO3S2.C5H5N/c1-11(8-10-4-6-15-9-10)5-2-3-7-16(12,13)14;1-2-4-6-5-3-1/h4,6,9H,2-3,5,7-8H2,1H3,(H,12,13,14);1-5H. The van der Waals surface area contributed by atoms with Crippen LogP contribution in [0.3, 0.4) is 0 Å². The number of rotatable bonds is 7.